The van der Waals surface area contributed by atoms with E-state index in [1.54, 1.807) is 31.2 Å². The van der Waals surface area contributed by atoms with E-state index < -0.39 is 73.2 Å². The fraction of sp³-hybridized carbons (Fsp3) is 0.588. The molecule has 18 heteroatoms. The Morgan fingerprint density at radius 2 is 1.87 bits per heavy atom. The molecule has 0 aliphatic carbocycles. The van der Waals surface area contributed by atoms with Gasteiger partial charge in [0.25, 0.3) is 0 Å². The number of methoxy groups -OCH3 is 1. The maximum absolute atomic E-state index is 14.3. The number of sulfonamides is 1. The van der Waals surface area contributed by atoms with Gasteiger partial charge in [0.2, 0.25) is 16.4 Å². The van der Waals surface area contributed by atoms with Crippen molar-refractivity contribution in [3.63, 3.8) is 0 Å². The molecular weight excluding hydrogens is 723 g/mol. The zero-order chi connectivity index (χ0) is 37.6. The molecule has 2 fully saturated rings. The van der Waals surface area contributed by atoms with Gasteiger partial charge in [0.15, 0.2) is 23.9 Å². The first-order valence-corrected chi connectivity index (χ1v) is 20.3. The number of fused-ring (bicyclic) bond motifs is 11. The highest BCUT2D eigenvalue weighted by Gasteiger charge is 2.44. The number of hydrogen-bond acceptors (Lipinski definition) is 14. The van der Waals surface area contributed by atoms with Crippen molar-refractivity contribution in [3.8, 4) is 17.2 Å². The lowest BCUT2D eigenvalue weighted by Gasteiger charge is -2.31. The van der Waals surface area contributed by atoms with Crippen LogP contribution in [0.1, 0.15) is 39.7 Å². The van der Waals surface area contributed by atoms with Gasteiger partial charge >= 0.3 is 19.7 Å². The smallest absolute Gasteiger partial charge is 0.417 e. The monoisotopic (exact) mass is 770 g/mol. The summed E-state index contributed by atoms with van der Waals surface area (Å²) in [4.78, 5) is 25.4. The summed E-state index contributed by atoms with van der Waals surface area (Å²) >= 11 is 0. The van der Waals surface area contributed by atoms with Crippen LogP contribution in [0.25, 0.3) is 0 Å². The van der Waals surface area contributed by atoms with Crippen LogP contribution in [0.5, 0.6) is 17.2 Å². The summed E-state index contributed by atoms with van der Waals surface area (Å²) in [5, 5.41) is 14.4. The van der Waals surface area contributed by atoms with Crippen molar-refractivity contribution in [2.24, 2.45) is 11.8 Å². The highest BCUT2D eigenvalue weighted by atomic mass is 32.2. The first-order valence-electron chi connectivity index (χ1n) is 17.1. The van der Waals surface area contributed by atoms with E-state index in [0.717, 1.165) is 10.4 Å². The topological polar surface area (TPSA) is 195 Å². The lowest BCUT2D eigenvalue weighted by molar-refractivity contribution is -0.150. The molecule has 6 rings (SSSR count). The second-order valence-corrected chi connectivity index (χ2v) is 17.0. The number of carbonyl (C=O) groups is 2. The number of alkyl carbamates (subject to hydrolysis) is 1. The summed E-state index contributed by atoms with van der Waals surface area (Å²) in [6.45, 7) is 6.92. The van der Waals surface area contributed by atoms with Crippen molar-refractivity contribution in [2.45, 2.75) is 76.1 Å². The van der Waals surface area contributed by atoms with Crippen LogP contribution in [0.4, 0.5) is 4.79 Å². The number of nitrogens with one attached hydrogen (secondary N) is 1. The minimum absolute atomic E-state index is 0.00244. The second kappa shape index (κ2) is 17.1. The molecule has 4 aliphatic rings. The average Bonchev–Trinajstić information content (AvgIpc) is 3.72. The lowest BCUT2D eigenvalue weighted by atomic mass is 10.0. The van der Waals surface area contributed by atoms with Crippen LogP contribution < -0.4 is 19.3 Å². The fourth-order valence-electron chi connectivity index (χ4n) is 6.11. The molecule has 7 atom stereocenters. The van der Waals surface area contributed by atoms with Crippen molar-refractivity contribution < 1.29 is 65.1 Å². The summed E-state index contributed by atoms with van der Waals surface area (Å²) < 4.78 is 88.5. The molecule has 288 valence electrons. The molecular formula is C34H47N2O14PS. The van der Waals surface area contributed by atoms with Gasteiger partial charge in [0.05, 0.1) is 49.9 Å². The third kappa shape index (κ3) is 9.75. The Hall–Kier alpha value is -3.44. The van der Waals surface area contributed by atoms with Crippen molar-refractivity contribution in [2.75, 3.05) is 46.4 Å². The molecule has 4 heterocycles. The molecule has 2 N–H and O–H groups in total. The fourth-order valence-corrected chi connectivity index (χ4v) is 9.22. The Morgan fingerprint density at radius 3 is 2.56 bits per heavy atom. The number of benzene rings is 2. The van der Waals surface area contributed by atoms with E-state index in [9.17, 15) is 27.7 Å². The van der Waals surface area contributed by atoms with E-state index in [0.29, 0.717) is 18.6 Å². The zero-order valence-electron chi connectivity index (χ0n) is 29.8. The lowest BCUT2D eigenvalue weighted by Crippen LogP contribution is -2.51. The predicted octanol–water partition coefficient (Wildman–Crippen LogP) is 3.69. The number of carbonyl (C=O) groups excluding carboxylic acids is 2. The molecule has 0 saturated carbocycles. The van der Waals surface area contributed by atoms with Gasteiger partial charge in [0, 0.05) is 19.2 Å². The van der Waals surface area contributed by atoms with Gasteiger partial charge in [-0.05, 0) is 62.4 Å². The number of rotatable bonds is 9. The normalized spacial score (nSPS) is 28.2. The van der Waals surface area contributed by atoms with Crippen molar-refractivity contribution in [1.82, 2.24) is 9.62 Å². The van der Waals surface area contributed by atoms with Crippen molar-refractivity contribution in [1.29, 1.82) is 0 Å². The molecule has 0 radical (unpaired) electrons. The molecule has 2 saturated heterocycles. The highest BCUT2D eigenvalue weighted by Crippen LogP contribution is 2.52. The van der Waals surface area contributed by atoms with E-state index in [-0.39, 0.29) is 60.2 Å². The maximum Gasteiger partial charge on any atom is 0.417 e. The highest BCUT2D eigenvalue weighted by molar-refractivity contribution is 7.89. The summed E-state index contributed by atoms with van der Waals surface area (Å²) in [6, 6.07) is 9.26. The minimum atomic E-state index is -4.40. The van der Waals surface area contributed by atoms with E-state index in [1.807, 2.05) is 13.8 Å². The van der Waals surface area contributed by atoms with E-state index in [4.69, 9.17) is 37.5 Å². The Labute approximate surface area is 303 Å². The maximum atomic E-state index is 14.3. The second-order valence-electron chi connectivity index (χ2n) is 13.1. The van der Waals surface area contributed by atoms with Crippen LogP contribution in [-0.4, -0.2) is 107 Å². The van der Waals surface area contributed by atoms with E-state index in [1.165, 1.54) is 26.2 Å². The van der Waals surface area contributed by atoms with Gasteiger partial charge in [-0.15, -0.1) is 0 Å². The van der Waals surface area contributed by atoms with Crippen LogP contribution >= 0.6 is 7.60 Å². The van der Waals surface area contributed by atoms with Gasteiger partial charge in [-0.25, -0.2) is 22.6 Å². The van der Waals surface area contributed by atoms with E-state index in [2.05, 4.69) is 5.32 Å². The van der Waals surface area contributed by atoms with Crippen LogP contribution in [0, 0.1) is 11.8 Å². The summed E-state index contributed by atoms with van der Waals surface area (Å²) in [5.41, 5.74) is 0.649. The Kier molecular flexibility index (Phi) is 13.1. The zero-order valence-corrected chi connectivity index (χ0v) is 31.5. The largest absolute Gasteiger partial charge is 0.493 e. The number of ether oxygens (including phenoxy) is 6. The molecule has 1 amide bonds. The average molecular weight is 771 g/mol. The number of hydrogen-bond donors (Lipinski definition) is 2. The molecule has 4 bridgehead atoms. The molecule has 0 spiro atoms. The van der Waals surface area contributed by atoms with Crippen LogP contribution in [0.3, 0.4) is 0 Å². The predicted molar refractivity (Wildman–Crippen MR) is 185 cm³/mol. The quantitative estimate of drug-likeness (QED) is 0.277. The number of nitrogens with zero attached hydrogens (tertiary/aromatic N) is 1. The number of esters is 1. The van der Waals surface area contributed by atoms with Gasteiger partial charge in [0.1, 0.15) is 11.9 Å². The number of aliphatic hydroxyl groups is 1. The number of aliphatic hydroxyl groups excluding tert-OH is 1. The SMILES string of the molecule is CCOC(=O)[C@@H](C)OP1(=O)COc2ccc(cc2)C[C@H](NC(=O)O[C@H]2CO[C@H]3OCC[C@H]32)[C@H](O)CN(CC(C)C)S(=O)(=O)c2ccc(OC)c(c2)O1. The van der Waals surface area contributed by atoms with E-state index >= 15 is 0 Å². The van der Waals surface area contributed by atoms with Crippen LogP contribution in [0.2, 0.25) is 0 Å². The minimum Gasteiger partial charge on any atom is -0.493 e. The summed E-state index contributed by atoms with van der Waals surface area (Å²) in [5.74, 6) is -1.05. The van der Waals surface area contributed by atoms with Crippen molar-refractivity contribution in [3.05, 3.63) is 48.0 Å². The van der Waals surface area contributed by atoms with Gasteiger partial charge in [-0.2, -0.15) is 4.31 Å². The Balaban J connectivity index is 1.51. The van der Waals surface area contributed by atoms with Crippen LogP contribution in [-0.2, 0) is 49.3 Å². The first-order chi connectivity index (χ1) is 24.7. The molecule has 2 aromatic rings. The molecule has 16 nitrogen and oxygen atoms in total. The first kappa shape index (κ1) is 39.8. The standard InChI is InChI=1S/C34H47N2O14PS/c1-6-44-32(38)22(4)49-51(40)20-47-24-9-7-23(8-10-24)15-27(35-34(39)48-31-19-46-33-26(31)13-14-45-33)28(37)18-36(17-21(2)3)52(41,42)25-11-12-29(43-5)30(16-25)50-51/h7-12,16,21-22,26-28,31,33,37H,6,13-15,17-20H2,1-5H3,(H,35,39)/t22-,26+,27+,28-,31+,33-,51?/m1/s1. The third-order valence-corrected chi connectivity index (χ3v) is 12.1. The molecule has 0 aromatic heterocycles. The van der Waals surface area contributed by atoms with Gasteiger partial charge in [-0.1, -0.05) is 26.0 Å². The summed E-state index contributed by atoms with van der Waals surface area (Å²) in [7, 11) is -7.45. The molecule has 1 unspecified atom stereocenters. The van der Waals surface area contributed by atoms with Gasteiger partial charge in [-0.3, -0.25) is 4.52 Å². The summed E-state index contributed by atoms with van der Waals surface area (Å²) in [6.07, 6.45) is -4.43. The van der Waals surface area contributed by atoms with Crippen molar-refractivity contribution >= 4 is 29.7 Å². The Bertz CT molecular complexity index is 1710. The Morgan fingerprint density at radius 1 is 1.12 bits per heavy atom. The molecule has 2 aromatic carbocycles. The third-order valence-electron chi connectivity index (χ3n) is 8.69. The number of amides is 1. The molecule has 4 aliphatic heterocycles. The van der Waals surface area contributed by atoms with Crippen LogP contribution in [0.15, 0.2) is 47.4 Å². The molecule has 52 heavy (non-hydrogen) atoms. The van der Waals surface area contributed by atoms with Gasteiger partial charge < -0.3 is 43.4 Å².